The topological polar surface area (TPSA) is 180 Å². The van der Waals surface area contributed by atoms with E-state index in [2.05, 4.69) is 35.8 Å². The quantitative estimate of drug-likeness (QED) is 0.263. The molecule has 0 spiro atoms. The van der Waals surface area contributed by atoms with Crippen LogP contribution in [-0.4, -0.2) is 42.4 Å². The van der Waals surface area contributed by atoms with E-state index in [1.165, 1.54) is 23.0 Å². The van der Waals surface area contributed by atoms with E-state index in [1.54, 1.807) is 24.3 Å². The van der Waals surface area contributed by atoms with Gasteiger partial charge in [0.05, 0.1) is 16.0 Å². The molecule has 30 heavy (non-hydrogen) atoms. The molecule has 1 aromatic carbocycles. The summed E-state index contributed by atoms with van der Waals surface area (Å²) in [5.74, 6) is -0.603. The number of nitro groups is 1. The van der Waals surface area contributed by atoms with Crippen LogP contribution in [0.5, 0.6) is 0 Å². The first-order valence-electron chi connectivity index (χ1n) is 8.21. The Bertz CT molecular complexity index is 1240. The van der Waals surface area contributed by atoms with Gasteiger partial charge in [-0.15, -0.1) is 5.10 Å². The molecule has 150 valence electrons. The summed E-state index contributed by atoms with van der Waals surface area (Å²) < 4.78 is 5.85. The lowest BCUT2D eigenvalue weighted by Gasteiger charge is -2.05. The van der Waals surface area contributed by atoms with Gasteiger partial charge in [-0.2, -0.15) is 9.78 Å². The summed E-state index contributed by atoms with van der Waals surface area (Å²) in [4.78, 5) is 23.4. The third kappa shape index (κ3) is 3.61. The smallest absolute Gasteiger partial charge is 0.324 e. The largest absolute Gasteiger partial charge is 0.378 e. The predicted molar refractivity (Wildman–Crippen MR) is 105 cm³/mol. The fourth-order valence-corrected chi connectivity index (χ4v) is 3.19. The Labute approximate surface area is 170 Å². The van der Waals surface area contributed by atoms with Gasteiger partial charge in [0, 0.05) is 11.6 Å². The fourth-order valence-electron chi connectivity index (χ4n) is 2.49. The number of rotatable bonds is 6. The van der Waals surface area contributed by atoms with Gasteiger partial charge in [0.25, 0.3) is 5.91 Å². The van der Waals surface area contributed by atoms with E-state index in [1.807, 2.05) is 6.07 Å². The summed E-state index contributed by atoms with van der Waals surface area (Å²) in [7, 11) is 0. The Kier molecular flexibility index (Phi) is 4.96. The van der Waals surface area contributed by atoms with Gasteiger partial charge in [0.2, 0.25) is 11.6 Å². The zero-order chi connectivity index (χ0) is 21.1. The van der Waals surface area contributed by atoms with Crippen molar-refractivity contribution in [3.8, 4) is 17.1 Å². The van der Waals surface area contributed by atoms with Crippen LogP contribution in [0.1, 0.15) is 15.4 Å². The maximum Gasteiger partial charge on any atom is 0.324 e. The number of nitrogens with one attached hydrogen (secondary N) is 1. The van der Waals surface area contributed by atoms with Crippen LogP contribution in [0.4, 0.5) is 10.8 Å². The molecule has 0 radical (unpaired) electrons. The summed E-state index contributed by atoms with van der Waals surface area (Å²) in [6, 6.07) is 11.7. The van der Waals surface area contributed by atoms with Crippen molar-refractivity contribution in [2.45, 2.75) is 0 Å². The van der Waals surface area contributed by atoms with Gasteiger partial charge >= 0.3 is 5.00 Å². The Morgan fingerprint density at radius 2 is 2.07 bits per heavy atom. The second-order valence-corrected chi connectivity index (χ2v) is 6.76. The number of carbonyl (C=O) groups excluding carboxylic acids is 1. The number of nitrogens with two attached hydrogens (primary N) is 1. The molecule has 0 saturated carbocycles. The van der Waals surface area contributed by atoms with Crippen LogP contribution in [0, 0.1) is 10.1 Å². The summed E-state index contributed by atoms with van der Waals surface area (Å²) in [5, 5.41) is 29.6. The molecule has 3 aromatic heterocycles. The van der Waals surface area contributed by atoms with Gasteiger partial charge in [0.1, 0.15) is 5.69 Å². The molecule has 0 atom stereocenters. The number of benzene rings is 1. The highest BCUT2D eigenvalue weighted by molar-refractivity contribution is 7.16. The molecule has 0 bridgehead atoms. The van der Waals surface area contributed by atoms with Crippen molar-refractivity contribution in [2.24, 2.45) is 5.10 Å². The average molecular weight is 425 g/mol. The number of aromatic nitrogens is 5. The van der Waals surface area contributed by atoms with Gasteiger partial charge in [-0.1, -0.05) is 46.9 Å². The third-order valence-electron chi connectivity index (χ3n) is 3.78. The molecule has 0 unspecified atom stereocenters. The summed E-state index contributed by atoms with van der Waals surface area (Å²) in [6.45, 7) is 0. The predicted octanol–water partition coefficient (Wildman–Crippen LogP) is 1.63. The molecular weight excluding hydrogens is 414 g/mol. The number of nitrogen functional groups attached to an aromatic ring is 1. The number of anilines is 1. The molecule has 0 saturated heterocycles. The average Bonchev–Trinajstić information content (AvgIpc) is 3.47. The molecule has 13 nitrogen and oxygen atoms in total. The highest BCUT2D eigenvalue weighted by Gasteiger charge is 2.25. The normalized spacial score (nSPS) is 11.1. The van der Waals surface area contributed by atoms with Gasteiger partial charge in [-0.25, -0.2) is 10.1 Å². The Morgan fingerprint density at radius 1 is 1.27 bits per heavy atom. The Hall–Kier alpha value is -4.46. The summed E-state index contributed by atoms with van der Waals surface area (Å²) in [5.41, 5.74) is 8.95. The van der Waals surface area contributed by atoms with Crippen LogP contribution in [0.25, 0.3) is 17.1 Å². The number of amides is 1. The second kappa shape index (κ2) is 7.88. The molecule has 3 N–H and O–H groups in total. The van der Waals surface area contributed by atoms with Crippen molar-refractivity contribution in [3.63, 3.8) is 0 Å². The lowest BCUT2D eigenvalue weighted by Crippen LogP contribution is -2.19. The summed E-state index contributed by atoms with van der Waals surface area (Å²) >= 11 is 0.921. The number of nitrogens with zero attached hydrogens (tertiary/aromatic N) is 7. The van der Waals surface area contributed by atoms with E-state index in [0.29, 0.717) is 16.1 Å². The lowest BCUT2D eigenvalue weighted by molar-refractivity contribution is -0.380. The molecule has 0 fully saturated rings. The standard InChI is InChI=1S/C16H11N9O4S/c17-14-15(22-29-21-14)24-13(9-4-2-1-3-5-9)12(19-23-24)16(26)20-18-8-10-6-7-11(30-10)25(27)28/h1-8H,(H2,17,21)(H,20,26)/b18-8+. The maximum absolute atomic E-state index is 12.7. The molecule has 3 heterocycles. The molecule has 4 rings (SSSR count). The first-order chi connectivity index (χ1) is 14.5. The van der Waals surface area contributed by atoms with E-state index in [9.17, 15) is 14.9 Å². The number of carbonyl (C=O) groups is 1. The molecule has 0 aliphatic carbocycles. The van der Waals surface area contributed by atoms with E-state index in [4.69, 9.17) is 5.73 Å². The van der Waals surface area contributed by atoms with Crippen molar-refractivity contribution in [2.75, 3.05) is 5.73 Å². The minimum atomic E-state index is -0.655. The molecular formula is C16H11N9O4S. The van der Waals surface area contributed by atoms with Crippen molar-refractivity contribution in [3.05, 3.63) is 63.1 Å². The molecule has 0 aliphatic heterocycles. The zero-order valence-electron chi connectivity index (χ0n) is 14.9. The van der Waals surface area contributed by atoms with Crippen LogP contribution in [0.3, 0.4) is 0 Å². The summed E-state index contributed by atoms with van der Waals surface area (Å²) in [6.07, 6.45) is 1.29. The zero-order valence-corrected chi connectivity index (χ0v) is 15.7. The van der Waals surface area contributed by atoms with Crippen LogP contribution in [0.15, 0.2) is 52.2 Å². The van der Waals surface area contributed by atoms with E-state index in [-0.39, 0.29) is 22.3 Å². The highest BCUT2D eigenvalue weighted by atomic mass is 32.1. The van der Waals surface area contributed by atoms with Gasteiger partial charge in [0.15, 0.2) is 5.69 Å². The van der Waals surface area contributed by atoms with Crippen molar-refractivity contribution in [1.82, 2.24) is 30.7 Å². The number of hydrogen-bond acceptors (Lipinski definition) is 11. The fraction of sp³-hybridized carbons (Fsp3) is 0. The van der Waals surface area contributed by atoms with Crippen molar-refractivity contribution in [1.29, 1.82) is 0 Å². The van der Waals surface area contributed by atoms with Crippen molar-refractivity contribution < 1.29 is 14.3 Å². The highest BCUT2D eigenvalue weighted by Crippen LogP contribution is 2.26. The Morgan fingerprint density at radius 3 is 2.73 bits per heavy atom. The minimum absolute atomic E-state index is 0.0265. The molecule has 4 aromatic rings. The first-order valence-corrected chi connectivity index (χ1v) is 9.03. The van der Waals surface area contributed by atoms with Crippen LogP contribution < -0.4 is 11.2 Å². The van der Waals surface area contributed by atoms with Crippen LogP contribution in [-0.2, 0) is 0 Å². The number of hydrogen-bond donors (Lipinski definition) is 2. The second-order valence-electron chi connectivity index (χ2n) is 5.67. The van der Waals surface area contributed by atoms with E-state index >= 15 is 0 Å². The van der Waals surface area contributed by atoms with Crippen LogP contribution in [0.2, 0.25) is 0 Å². The van der Waals surface area contributed by atoms with E-state index < -0.39 is 10.8 Å². The van der Waals surface area contributed by atoms with Gasteiger partial charge in [-0.05, 0) is 16.4 Å². The van der Waals surface area contributed by atoms with Gasteiger partial charge < -0.3 is 5.73 Å². The number of hydrazone groups is 1. The Balaban J connectivity index is 1.64. The number of thiophene rings is 1. The molecule has 14 heteroatoms. The maximum atomic E-state index is 12.7. The third-order valence-corrected chi connectivity index (χ3v) is 4.75. The van der Waals surface area contributed by atoms with Crippen LogP contribution >= 0.6 is 11.3 Å². The molecule has 0 aliphatic rings. The first kappa shape index (κ1) is 18.9. The van der Waals surface area contributed by atoms with E-state index in [0.717, 1.165) is 11.3 Å². The minimum Gasteiger partial charge on any atom is -0.378 e. The lowest BCUT2D eigenvalue weighted by atomic mass is 10.1. The monoisotopic (exact) mass is 425 g/mol. The van der Waals surface area contributed by atoms with Gasteiger partial charge in [-0.3, -0.25) is 14.9 Å². The van der Waals surface area contributed by atoms with Crippen molar-refractivity contribution >= 4 is 34.3 Å². The SMILES string of the molecule is Nc1nonc1-n1nnc(C(=O)N/N=C/c2ccc([N+](=O)[O-])s2)c1-c1ccccc1. The molecule has 1 amide bonds.